The molecule has 0 bridgehead atoms. The fourth-order valence-corrected chi connectivity index (χ4v) is 1.98. The van der Waals surface area contributed by atoms with E-state index in [1.807, 2.05) is 12.1 Å². The van der Waals surface area contributed by atoms with Gasteiger partial charge in [0.1, 0.15) is 5.75 Å². The highest BCUT2D eigenvalue weighted by Gasteiger charge is 2.13. The number of amidine groups is 1. The first-order valence-corrected chi connectivity index (χ1v) is 6.53. The van der Waals surface area contributed by atoms with Gasteiger partial charge in [-0.1, -0.05) is 11.2 Å². The van der Waals surface area contributed by atoms with Crippen molar-refractivity contribution in [1.29, 1.82) is 0 Å². The van der Waals surface area contributed by atoms with Gasteiger partial charge in [0, 0.05) is 19.1 Å². The fraction of sp³-hybridized carbons (Fsp3) is 0.500. The lowest BCUT2D eigenvalue weighted by Crippen LogP contribution is -2.32. The zero-order valence-electron chi connectivity index (χ0n) is 12.2. The SMILES string of the molecule is COc1cc(CN(CCO)C(C)C)ccc1/C(N)=N/O. The van der Waals surface area contributed by atoms with Crippen LogP contribution in [0.15, 0.2) is 23.4 Å². The molecule has 0 saturated carbocycles. The first-order valence-electron chi connectivity index (χ1n) is 6.53. The van der Waals surface area contributed by atoms with Gasteiger partial charge in [0.2, 0.25) is 0 Å². The highest BCUT2D eigenvalue weighted by Crippen LogP contribution is 2.21. The number of ether oxygens (including phenoxy) is 1. The van der Waals surface area contributed by atoms with Gasteiger partial charge in [0.15, 0.2) is 5.84 Å². The van der Waals surface area contributed by atoms with E-state index in [1.165, 1.54) is 0 Å². The molecule has 4 N–H and O–H groups in total. The standard InChI is InChI=1S/C14H23N3O3/c1-10(2)17(6-7-18)9-11-4-5-12(14(15)16-19)13(8-11)20-3/h4-5,8,10,18-19H,6-7,9H2,1-3H3,(H2,15,16). The molecule has 1 aromatic carbocycles. The van der Waals surface area contributed by atoms with E-state index in [-0.39, 0.29) is 12.4 Å². The van der Waals surface area contributed by atoms with Crippen LogP contribution in [0.25, 0.3) is 0 Å². The average Bonchev–Trinajstić information content (AvgIpc) is 2.45. The largest absolute Gasteiger partial charge is 0.496 e. The number of oxime groups is 1. The molecule has 0 aliphatic heterocycles. The highest BCUT2D eigenvalue weighted by atomic mass is 16.5. The van der Waals surface area contributed by atoms with Crippen LogP contribution in [-0.2, 0) is 6.54 Å². The smallest absolute Gasteiger partial charge is 0.173 e. The summed E-state index contributed by atoms with van der Waals surface area (Å²) in [4.78, 5) is 2.15. The van der Waals surface area contributed by atoms with Gasteiger partial charge in [0.25, 0.3) is 0 Å². The van der Waals surface area contributed by atoms with Crippen LogP contribution in [0, 0.1) is 0 Å². The molecule has 0 spiro atoms. The van der Waals surface area contributed by atoms with E-state index in [0.29, 0.717) is 30.4 Å². The number of nitrogens with two attached hydrogens (primary N) is 1. The van der Waals surface area contributed by atoms with E-state index < -0.39 is 0 Å². The van der Waals surface area contributed by atoms with Crippen molar-refractivity contribution in [2.24, 2.45) is 10.9 Å². The van der Waals surface area contributed by atoms with Crippen LogP contribution in [0.5, 0.6) is 5.75 Å². The van der Waals surface area contributed by atoms with Gasteiger partial charge < -0.3 is 20.8 Å². The average molecular weight is 281 g/mol. The maximum Gasteiger partial charge on any atom is 0.173 e. The third-order valence-electron chi connectivity index (χ3n) is 3.15. The van der Waals surface area contributed by atoms with Crippen molar-refractivity contribution in [3.63, 3.8) is 0 Å². The van der Waals surface area contributed by atoms with Crippen LogP contribution < -0.4 is 10.5 Å². The molecule has 0 aromatic heterocycles. The zero-order chi connectivity index (χ0) is 15.1. The molecule has 6 heteroatoms. The zero-order valence-corrected chi connectivity index (χ0v) is 12.2. The first-order chi connectivity index (χ1) is 9.53. The Morgan fingerprint density at radius 1 is 1.45 bits per heavy atom. The van der Waals surface area contributed by atoms with Crippen LogP contribution in [0.4, 0.5) is 0 Å². The van der Waals surface area contributed by atoms with Gasteiger partial charge >= 0.3 is 0 Å². The van der Waals surface area contributed by atoms with Crippen LogP contribution in [0.2, 0.25) is 0 Å². The Morgan fingerprint density at radius 2 is 2.15 bits per heavy atom. The van der Waals surface area contributed by atoms with E-state index in [4.69, 9.17) is 20.8 Å². The number of hydrogen-bond acceptors (Lipinski definition) is 5. The number of aliphatic hydroxyl groups is 1. The molecular weight excluding hydrogens is 258 g/mol. The lowest BCUT2D eigenvalue weighted by molar-refractivity contribution is 0.159. The second kappa shape index (κ2) is 7.72. The summed E-state index contributed by atoms with van der Waals surface area (Å²) in [6.45, 7) is 5.60. The lowest BCUT2D eigenvalue weighted by Gasteiger charge is -2.25. The predicted molar refractivity (Wildman–Crippen MR) is 78.1 cm³/mol. The molecule has 6 nitrogen and oxygen atoms in total. The predicted octanol–water partition coefficient (Wildman–Crippen LogP) is 0.992. The second-order valence-corrected chi connectivity index (χ2v) is 4.81. The summed E-state index contributed by atoms with van der Waals surface area (Å²) in [5.41, 5.74) is 7.19. The Kier molecular flexibility index (Phi) is 6.27. The van der Waals surface area contributed by atoms with Crippen LogP contribution in [0.1, 0.15) is 25.0 Å². The van der Waals surface area contributed by atoms with E-state index in [0.717, 1.165) is 5.56 Å². The van der Waals surface area contributed by atoms with E-state index >= 15 is 0 Å². The molecule has 0 fully saturated rings. The van der Waals surface area contributed by atoms with Gasteiger partial charge in [0.05, 0.1) is 19.3 Å². The molecule has 1 rings (SSSR count). The van der Waals surface area contributed by atoms with Crippen LogP contribution in [0.3, 0.4) is 0 Å². The Morgan fingerprint density at radius 3 is 2.65 bits per heavy atom. The van der Waals surface area contributed by atoms with E-state index in [1.54, 1.807) is 13.2 Å². The van der Waals surface area contributed by atoms with Crippen LogP contribution >= 0.6 is 0 Å². The monoisotopic (exact) mass is 281 g/mol. The molecular formula is C14H23N3O3. The third kappa shape index (κ3) is 4.11. The fourth-order valence-electron chi connectivity index (χ4n) is 1.98. The number of methoxy groups -OCH3 is 1. The summed E-state index contributed by atoms with van der Waals surface area (Å²) in [6.07, 6.45) is 0. The molecule has 0 heterocycles. The van der Waals surface area contributed by atoms with Crippen molar-refractivity contribution in [3.8, 4) is 5.75 Å². The third-order valence-corrected chi connectivity index (χ3v) is 3.15. The molecule has 0 atom stereocenters. The molecule has 0 unspecified atom stereocenters. The van der Waals surface area contributed by atoms with Crippen molar-refractivity contribution in [3.05, 3.63) is 29.3 Å². The van der Waals surface area contributed by atoms with E-state index in [2.05, 4.69) is 23.9 Å². The maximum absolute atomic E-state index is 9.09. The van der Waals surface area contributed by atoms with Gasteiger partial charge in [-0.2, -0.15) is 0 Å². The second-order valence-electron chi connectivity index (χ2n) is 4.81. The summed E-state index contributed by atoms with van der Waals surface area (Å²) < 4.78 is 5.27. The molecule has 0 radical (unpaired) electrons. The molecule has 0 aliphatic rings. The summed E-state index contributed by atoms with van der Waals surface area (Å²) in [5, 5.41) is 20.8. The maximum atomic E-state index is 9.09. The molecule has 0 saturated heterocycles. The topological polar surface area (TPSA) is 91.3 Å². The van der Waals surface area contributed by atoms with Crippen molar-refractivity contribution in [1.82, 2.24) is 4.90 Å². The Bertz CT molecular complexity index is 461. The molecule has 0 aliphatic carbocycles. The van der Waals surface area contributed by atoms with Crippen molar-refractivity contribution in [2.45, 2.75) is 26.4 Å². The number of benzene rings is 1. The van der Waals surface area contributed by atoms with Crippen molar-refractivity contribution in [2.75, 3.05) is 20.3 Å². The van der Waals surface area contributed by atoms with Gasteiger partial charge in [-0.3, -0.25) is 4.90 Å². The van der Waals surface area contributed by atoms with Crippen molar-refractivity contribution < 1.29 is 15.1 Å². The Hall–Kier alpha value is -1.79. The summed E-state index contributed by atoms with van der Waals surface area (Å²) in [5.74, 6) is 0.579. The summed E-state index contributed by atoms with van der Waals surface area (Å²) in [6, 6.07) is 5.86. The van der Waals surface area contributed by atoms with Gasteiger partial charge in [-0.05, 0) is 31.5 Å². The normalized spacial score (nSPS) is 12.2. The number of rotatable bonds is 7. The van der Waals surface area contributed by atoms with Crippen molar-refractivity contribution >= 4 is 5.84 Å². The Labute approximate surface area is 119 Å². The number of hydrogen-bond donors (Lipinski definition) is 3. The molecule has 20 heavy (non-hydrogen) atoms. The van der Waals surface area contributed by atoms with Gasteiger partial charge in [-0.25, -0.2) is 0 Å². The van der Waals surface area contributed by atoms with E-state index in [9.17, 15) is 0 Å². The summed E-state index contributed by atoms with van der Waals surface area (Å²) in [7, 11) is 1.54. The number of aliphatic hydroxyl groups excluding tert-OH is 1. The molecule has 0 amide bonds. The highest BCUT2D eigenvalue weighted by molar-refractivity contribution is 5.99. The minimum absolute atomic E-state index is 0.0180. The van der Waals surface area contributed by atoms with Crippen LogP contribution in [-0.4, -0.2) is 47.4 Å². The quantitative estimate of drug-likeness (QED) is 0.300. The first kappa shape index (κ1) is 16.3. The minimum Gasteiger partial charge on any atom is -0.496 e. The molecule has 1 aromatic rings. The Balaban J connectivity index is 2.97. The summed E-state index contributed by atoms with van der Waals surface area (Å²) >= 11 is 0. The lowest BCUT2D eigenvalue weighted by atomic mass is 10.1. The minimum atomic E-state index is 0.0180. The number of nitrogens with zero attached hydrogens (tertiary/aromatic N) is 2. The molecule has 112 valence electrons. The van der Waals surface area contributed by atoms with Gasteiger partial charge in [-0.15, -0.1) is 0 Å².